The van der Waals surface area contributed by atoms with Gasteiger partial charge in [-0.15, -0.1) is 0 Å². The van der Waals surface area contributed by atoms with Crippen molar-refractivity contribution in [3.05, 3.63) is 28.2 Å². The van der Waals surface area contributed by atoms with Gasteiger partial charge in [-0.05, 0) is 30.0 Å². The van der Waals surface area contributed by atoms with Crippen molar-refractivity contribution in [3.8, 4) is 0 Å². The van der Waals surface area contributed by atoms with Crippen LogP contribution >= 0.6 is 15.9 Å². The topological polar surface area (TPSA) is 35.2 Å². The molecule has 1 unspecified atom stereocenters. The summed E-state index contributed by atoms with van der Waals surface area (Å²) >= 11 is 3.49. The smallest absolute Gasteiger partial charge is 0.0727 e. The van der Waals surface area contributed by atoms with Gasteiger partial charge in [0.25, 0.3) is 0 Å². The minimum atomic E-state index is 0.637. The molecule has 0 fully saturated rings. The molecule has 0 heterocycles. The Morgan fingerprint density at radius 2 is 2.19 bits per heavy atom. The number of anilines is 1. The molecule has 90 valence electrons. The van der Waals surface area contributed by atoms with Gasteiger partial charge in [0.2, 0.25) is 0 Å². The lowest BCUT2D eigenvalue weighted by atomic mass is 10.1. The fraction of sp³-hybridized carbons (Fsp3) is 0.538. The van der Waals surface area contributed by atoms with Crippen molar-refractivity contribution in [2.45, 2.75) is 33.3 Å². The fourth-order valence-corrected chi connectivity index (χ4v) is 2.14. The van der Waals surface area contributed by atoms with Crippen molar-refractivity contribution in [2.75, 3.05) is 12.3 Å². The minimum Gasteiger partial charge on any atom is -0.399 e. The summed E-state index contributed by atoms with van der Waals surface area (Å²) in [6.45, 7) is 5.90. The standard InChI is InChI=1S/C13H20BrNO/c1-3-4-10(2)8-16-9-11-5-6-12(15)7-13(11)14/h5-7,10H,3-4,8-9,15H2,1-2H3. The summed E-state index contributed by atoms with van der Waals surface area (Å²) in [5.41, 5.74) is 7.60. The Hall–Kier alpha value is -0.540. The second-order valence-corrected chi connectivity index (χ2v) is 5.11. The van der Waals surface area contributed by atoms with E-state index in [1.807, 2.05) is 18.2 Å². The van der Waals surface area contributed by atoms with Gasteiger partial charge in [-0.25, -0.2) is 0 Å². The van der Waals surface area contributed by atoms with Gasteiger partial charge in [0.15, 0.2) is 0 Å². The van der Waals surface area contributed by atoms with Gasteiger partial charge in [0, 0.05) is 16.8 Å². The number of benzene rings is 1. The number of hydrogen-bond acceptors (Lipinski definition) is 2. The Bertz CT molecular complexity index is 328. The zero-order valence-electron chi connectivity index (χ0n) is 10.0. The summed E-state index contributed by atoms with van der Waals surface area (Å²) < 4.78 is 6.71. The highest BCUT2D eigenvalue weighted by atomic mass is 79.9. The zero-order chi connectivity index (χ0) is 12.0. The first-order valence-corrected chi connectivity index (χ1v) is 6.54. The maximum absolute atomic E-state index is 5.68. The number of ether oxygens (including phenoxy) is 1. The van der Waals surface area contributed by atoms with Crippen LogP contribution in [0, 0.1) is 5.92 Å². The molecule has 0 radical (unpaired) electrons. The van der Waals surface area contributed by atoms with E-state index in [0.29, 0.717) is 12.5 Å². The SMILES string of the molecule is CCCC(C)COCc1ccc(N)cc1Br. The van der Waals surface area contributed by atoms with E-state index in [-0.39, 0.29) is 0 Å². The molecule has 1 rings (SSSR count). The maximum Gasteiger partial charge on any atom is 0.0727 e. The monoisotopic (exact) mass is 285 g/mol. The van der Waals surface area contributed by atoms with Gasteiger partial charge in [-0.1, -0.05) is 42.3 Å². The van der Waals surface area contributed by atoms with Crippen molar-refractivity contribution in [1.29, 1.82) is 0 Å². The Balaban J connectivity index is 2.37. The molecule has 0 spiro atoms. The fourth-order valence-electron chi connectivity index (χ4n) is 1.63. The Morgan fingerprint density at radius 1 is 1.44 bits per heavy atom. The number of rotatable bonds is 6. The largest absolute Gasteiger partial charge is 0.399 e. The van der Waals surface area contributed by atoms with E-state index >= 15 is 0 Å². The molecule has 1 aromatic carbocycles. The first kappa shape index (κ1) is 13.5. The molecule has 2 nitrogen and oxygen atoms in total. The summed E-state index contributed by atoms with van der Waals surface area (Å²) in [4.78, 5) is 0. The lowest BCUT2D eigenvalue weighted by Crippen LogP contribution is -2.06. The van der Waals surface area contributed by atoms with Gasteiger partial charge in [0.1, 0.15) is 0 Å². The third kappa shape index (κ3) is 4.54. The normalized spacial score (nSPS) is 12.7. The summed E-state index contributed by atoms with van der Waals surface area (Å²) in [6.07, 6.45) is 2.44. The van der Waals surface area contributed by atoms with Crippen molar-refractivity contribution in [1.82, 2.24) is 0 Å². The molecule has 0 aliphatic rings. The van der Waals surface area contributed by atoms with Crippen molar-refractivity contribution >= 4 is 21.6 Å². The second kappa shape index (κ2) is 6.92. The van der Waals surface area contributed by atoms with E-state index in [9.17, 15) is 0 Å². The van der Waals surface area contributed by atoms with E-state index in [2.05, 4.69) is 29.8 Å². The Labute approximate surface area is 106 Å². The number of halogens is 1. The van der Waals surface area contributed by atoms with Gasteiger partial charge in [-0.3, -0.25) is 0 Å². The van der Waals surface area contributed by atoms with Crippen LogP contribution in [0.25, 0.3) is 0 Å². The van der Waals surface area contributed by atoms with Gasteiger partial charge in [-0.2, -0.15) is 0 Å². The predicted octanol–water partition coefficient (Wildman–Crippen LogP) is 3.98. The molecule has 1 atom stereocenters. The first-order valence-electron chi connectivity index (χ1n) is 5.75. The van der Waals surface area contributed by atoms with Crippen LogP contribution in [0.4, 0.5) is 5.69 Å². The third-order valence-electron chi connectivity index (χ3n) is 2.52. The van der Waals surface area contributed by atoms with Gasteiger partial charge < -0.3 is 10.5 Å². The highest BCUT2D eigenvalue weighted by Crippen LogP contribution is 2.20. The van der Waals surface area contributed by atoms with Crippen molar-refractivity contribution in [3.63, 3.8) is 0 Å². The van der Waals surface area contributed by atoms with E-state index in [1.165, 1.54) is 12.8 Å². The van der Waals surface area contributed by atoms with Crippen LogP contribution < -0.4 is 5.73 Å². The number of nitrogen functional groups attached to an aromatic ring is 1. The summed E-state index contributed by atoms with van der Waals surface area (Å²) in [5, 5.41) is 0. The predicted molar refractivity (Wildman–Crippen MR) is 72.3 cm³/mol. The van der Waals surface area contributed by atoms with Crippen LogP contribution in [0.2, 0.25) is 0 Å². The van der Waals surface area contributed by atoms with Gasteiger partial charge >= 0.3 is 0 Å². The Kier molecular flexibility index (Phi) is 5.85. The molecule has 0 aliphatic heterocycles. The second-order valence-electron chi connectivity index (χ2n) is 4.26. The van der Waals surface area contributed by atoms with E-state index < -0.39 is 0 Å². The number of nitrogens with two attached hydrogens (primary N) is 1. The molecule has 3 heteroatoms. The summed E-state index contributed by atoms with van der Waals surface area (Å²) in [7, 11) is 0. The molecule has 0 amide bonds. The molecule has 0 aromatic heterocycles. The third-order valence-corrected chi connectivity index (χ3v) is 3.26. The zero-order valence-corrected chi connectivity index (χ0v) is 11.6. The molecule has 0 aliphatic carbocycles. The lowest BCUT2D eigenvalue weighted by Gasteiger charge is -2.11. The lowest BCUT2D eigenvalue weighted by molar-refractivity contribution is 0.0890. The highest BCUT2D eigenvalue weighted by Gasteiger charge is 2.03. The van der Waals surface area contributed by atoms with Gasteiger partial charge in [0.05, 0.1) is 6.61 Å². The minimum absolute atomic E-state index is 0.637. The van der Waals surface area contributed by atoms with Crippen LogP contribution in [0.1, 0.15) is 32.3 Å². The summed E-state index contributed by atoms with van der Waals surface area (Å²) in [6, 6.07) is 5.82. The quantitative estimate of drug-likeness (QED) is 0.803. The molecule has 0 saturated carbocycles. The Morgan fingerprint density at radius 3 is 2.81 bits per heavy atom. The van der Waals surface area contributed by atoms with Crippen LogP contribution in [-0.4, -0.2) is 6.61 Å². The van der Waals surface area contributed by atoms with Crippen LogP contribution in [0.5, 0.6) is 0 Å². The summed E-state index contributed by atoms with van der Waals surface area (Å²) in [5.74, 6) is 0.637. The molecule has 0 saturated heterocycles. The molecular formula is C13H20BrNO. The van der Waals surface area contributed by atoms with Crippen molar-refractivity contribution in [2.24, 2.45) is 5.92 Å². The molecule has 2 N–H and O–H groups in total. The maximum atomic E-state index is 5.68. The highest BCUT2D eigenvalue weighted by molar-refractivity contribution is 9.10. The van der Waals surface area contributed by atoms with Crippen LogP contribution in [0.3, 0.4) is 0 Å². The van der Waals surface area contributed by atoms with Crippen LogP contribution in [-0.2, 0) is 11.3 Å². The average Bonchev–Trinajstić information content (AvgIpc) is 2.22. The van der Waals surface area contributed by atoms with E-state index in [4.69, 9.17) is 10.5 Å². The first-order chi connectivity index (χ1) is 7.63. The molecular weight excluding hydrogens is 266 g/mol. The average molecular weight is 286 g/mol. The van der Waals surface area contributed by atoms with E-state index in [0.717, 1.165) is 22.3 Å². The molecule has 16 heavy (non-hydrogen) atoms. The molecule has 0 bridgehead atoms. The van der Waals surface area contributed by atoms with Crippen molar-refractivity contribution < 1.29 is 4.74 Å². The molecule has 1 aromatic rings. The van der Waals surface area contributed by atoms with E-state index in [1.54, 1.807) is 0 Å². The number of hydrogen-bond donors (Lipinski definition) is 1. The van der Waals surface area contributed by atoms with Crippen LogP contribution in [0.15, 0.2) is 22.7 Å².